The number of alkyl halides is 2. The minimum atomic E-state index is -2.66. The Bertz CT molecular complexity index is 974. The van der Waals surface area contributed by atoms with E-state index in [1.807, 2.05) is 25.1 Å². The number of aryl methyl sites for hydroxylation is 1. The van der Waals surface area contributed by atoms with E-state index in [4.69, 9.17) is 10.5 Å². The molecule has 1 aromatic carbocycles. The largest absolute Gasteiger partial charge is 0.497 e. The molecule has 0 unspecified atom stereocenters. The standard InChI is InChI=1S/C21H23F2N3O2/c1-4-14(7-5-12(2)21(24)27)26-19-16-10-8-15(28-3)11-13(16)6-9-17(19)18(25-26)20(22)23/h5,7-8,10-11,20H,4,6,9H2,1-3H3,(H2,24,27)/b12-5+,14-7+. The number of aromatic nitrogens is 2. The van der Waals surface area contributed by atoms with Crippen molar-refractivity contribution in [3.63, 3.8) is 0 Å². The van der Waals surface area contributed by atoms with E-state index in [2.05, 4.69) is 5.10 Å². The number of carbonyl (C=O) groups excluding carboxylic acids is 1. The van der Waals surface area contributed by atoms with E-state index in [1.54, 1.807) is 30.9 Å². The molecule has 0 fully saturated rings. The maximum atomic E-state index is 13.7. The molecule has 1 heterocycles. The van der Waals surface area contributed by atoms with Crippen molar-refractivity contribution in [1.29, 1.82) is 0 Å². The van der Waals surface area contributed by atoms with Gasteiger partial charge in [0.15, 0.2) is 0 Å². The highest BCUT2D eigenvalue weighted by Crippen LogP contribution is 2.40. The van der Waals surface area contributed by atoms with Crippen molar-refractivity contribution >= 4 is 11.6 Å². The molecule has 0 saturated carbocycles. The van der Waals surface area contributed by atoms with Gasteiger partial charge in [0.2, 0.25) is 5.91 Å². The number of methoxy groups -OCH3 is 1. The summed E-state index contributed by atoms with van der Waals surface area (Å²) < 4.78 is 34.2. The third kappa shape index (κ3) is 3.56. The van der Waals surface area contributed by atoms with Crippen LogP contribution in [0.5, 0.6) is 5.75 Å². The summed E-state index contributed by atoms with van der Waals surface area (Å²) in [7, 11) is 1.60. The van der Waals surface area contributed by atoms with Gasteiger partial charge in [-0.25, -0.2) is 13.5 Å². The first kappa shape index (κ1) is 19.8. The average molecular weight is 387 g/mol. The van der Waals surface area contributed by atoms with Crippen molar-refractivity contribution < 1.29 is 18.3 Å². The summed E-state index contributed by atoms with van der Waals surface area (Å²) in [6, 6.07) is 5.64. The van der Waals surface area contributed by atoms with Gasteiger partial charge in [-0.1, -0.05) is 13.0 Å². The lowest BCUT2D eigenvalue weighted by Crippen LogP contribution is -2.11. The van der Waals surface area contributed by atoms with Crippen molar-refractivity contribution in [1.82, 2.24) is 9.78 Å². The Morgan fingerprint density at radius 2 is 2.11 bits per heavy atom. The number of amides is 1. The van der Waals surface area contributed by atoms with Crippen LogP contribution in [-0.4, -0.2) is 22.8 Å². The number of hydrogen-bond acceptors (Lipinski definition) is 3. The molecule has 5 nitrogen and oxygen atoms in total. The monoisotopic (exact) mass is 387 g/mol. The van der Waals surface area contributed by atoms with Crippen LogP contribution < -0.4 is 10.5 Å². The van der Waals surface area contributed by atoms with Gasteiger partial charge in [-0.05, 0) is 56.0 Å². The van der Waals surface area contributed by atoms with Crippen molar-refractivity contribution in [3.8, 4) is 17.0 Å². The van der Waals surface area contributed by atoms with Gasteiger partial charge >= 0.3 is 0 Å². The summed E-state index contributed by atoms with van der Waals surface area (Å²) in [6.45, 7) is 3.52. The number of primary amides is 1. The Balaban J connectivity index is 2.21. The van der Waals surface area contributed by atoms with Crippen LogP contribution in [0, 0.1) is 0 Å². The van der Waals surface area contributed by atoms with Gasteiger partial charge in [-0.15, -0.1) is 0 Å². The average Bonchev–Trinajstić information content (AvgIpc) is 3.08. The third-order valence-corrected chi connectivity index (χ3v) is 4.98. The van der Waals surface area contributed by atoms with Crippen LogP contribution in [0.25, 0.3) is 17.0 Å². The molecule has 0 saturated heterocycles. The lowest BCUT2D eigenvalue weighted by Gasteiger charge is -2.20. The lowest BCUT2D eigenvalue weighted by atomic mass is 9.88. The molecule has 2 aromatic rings. The molecule has 1 aliphatic rings. The van der Waals surface area contributed by atoms with Gasteiger partial charge in [-0.3, -0.25) is 4.79 Å². The normalized spacial score (nSPS) is 14.1. The van der Waals surface area contributed by atoms with E-state index < -0.39 is 12.3 Å². The van der Waals surface area contributed by atoms with Crippen LogP contribution in [0.2, 0.25) is 0 Å². The molecule has 7 heteroatoms. The van der Waals surface area contributed by atoms with Crippen molar-refractivity contribution in [3.05, 3.63) is 52.7 Å². The van der Waals surface area contributed by atoms with Crippen LogP contribution in [0.15, 0.2) is 35.9 Å². The summed E-state index contributed by atoms with van der Waals surface area (Å²) in [5.41, 5.74) is 9.33. The summed E-state index contributed by atoms with van der Waals surface area (Å²) >= 11 is 0. The molecule has 2 N–H and O–H groups in total. The van der Waals surface area contributed by atoms with Crippen molar-refractivity contribution in [2.24, 2.45) is 5.73 Å². The number of ether oxygens (including phenoxy) is 1. The topological polar surface area (TPSA) is 70.1 Å². The fourth-order valence-corrected chi connectivity index (χ4v) is 3.41. The smallest absolute Gasteiger partial charge is 0.282 e. The summed E-state index contributed by atoms with van der Waals surface area (Å²) in [6.07, 6.45) is 2.33. The molecular weight excluding hydrogens is 364 g/mol. The van der Waals surface area contributed by atoms with E-state index in [1.165, 1.54) is 0 Å². The van der Waals surface area contributed by atoms with Crippen LogP contribution in [0.1, 0.15) is 43.5 Å². The molecule has 3 rings (SSSR count). The molecule has 0 aliphatic heterocycles. The number of hydrogen-bond donors (Lipinski definition) is 1. The quantitative estimate of drug-likeness (QED) is 0.594. The number of halogens is 2. The van der Waals surface area contributed by atoms with E-state index in [-0.39, 0.29) is 5.69 Å². The second kappa shape index (κ2) is 7.96. The molecule has 1 aromatic heterocycles. The molecule has 0 radical (unpaired) electrons. The van der Waals surface area contributed by atoms with Crippen LogP contribution in [-0.2, 0) is 17.6 Å². The SMILES string of the molecule is CC/C(=C\C=C(/C)C(N)=O)n1nc(C(F)F)c2c1-c1ccc(OC)cc1CC2. The minimum absolute atomic E-state index is 0.188. The van der Waals surface area contributed by atoms with E-state index in [0.717, 1.165) is 16.9 Å². The second-order valence-electron chi connectivity index (χ2n) is 6.67. The third-order valence-electron chi connectivity index (χ3n) is 4.98. The van der Waals surface area contributed by atoms with Gasteiger partial charge in [0.25, 0.3) is 6.43 Å². The number of nitrogens with two attached hydrogens (primary N) is 1. The predicted molar refractivity (Wildman–Crippen MR) is 104 cm³/mol. The molecule has 148 valence electrons. The predicted octanol–water partition coefficient (Wildman–Crippen LogP) is 4.28. The maximum Gasteiger partial charge on any atom is 0.282 e. The lowest BCUT2D eigenvalue weighted by molar-refractivity contribution is -0.114. The van der Waals surface area contributed by atoms with Crippen LogP contribution in [0.4, 0.5) is 8.78 Å². The zero-order valence-corrected chi connectivity index (χ0v) is 16.1. The van der Waals surface area contributed by atoms with E-state index >= 15 is 0 Å². The highest BCUT2D eigenvalue weighted by molar-refractivity contribution is 5.91. The zero-order chi connectivity index (χ0) is 20.4. The van der Waals surface area contributed by atoms with Gasteiger partial charge in [-0.2, -0.15) is 5.10 Å². The molecule has 1 amide bonds. The molecular formula is C21H23F2N3O2. The first-order valence-electron chi connectivity index (χ1n) is 9.12. The van der Waals surface area contributed by atoms with Gasteiger partial charge < -0.3 is 10.5 Å². The number of allylic oxidation sites excluding steroid dienone is 3. The minimum Gasteiger partial charge on any atom is -0.497 e. The highest BCUT2D eigenvalue weighted by atomic mass is 19.3. The van der Waals surface area contributed by atoms with Crippen molar-refractivity contribution in [2.45, 2.75) is 39.5 Å². The summed E-state index contributed by atoms with van der Waals surface area (Å²) in [5, 5.41) is 4.25. The van der Waals surface area contributed by atoms with Gasteiger partial charge in [0.1, 0.15) is 11.4 Å². The van der Waals surface area contributed by atoms with Crippen LogP contribution in [0.3, 0.4) is 0 Å². The summed E-state index contributed by atoms with van der Waals surface area (Å²) in [4.78, 5) is 11.3. The van der Waals surface area contributed by atoms with E-state index in [0.29, 0.717) is 41.8 Å². The molecule has 0 bridgehead atoms. The van der Waals surface area contributed by atoms with Gasteiger partial charge in [0.05, 0.1) is 12.8 Å². The number of fused-ring (bicyclic) bond motifs is 3. The number of carbonyl (C=O) groups is 1. The Hall–Kier alpha value is -2.96. The summed E-state index contributed by atoms with van der Waals surface area (Å²) in [5.74, 6) is 0.202. The first-order chi connectivity index (χ1) is 13.4. The number of rotatable bonds is 6. The molecule has 28 heavy (non-hydrogen) atoms. The Labute approximate surface area is 162 Å². The van der Waals surface area contributed by atoms with Crippen molar-refractivity contribution in [2.75, 3.05) is 7.11 Å². The van der Waals surface area contributed by atoms with Gasteiger partial charge in [0, 0.05) is 22.4 Å². The first-order valence-corrected chi connectivity index (χ1v) is 9.12. The van der Waals surface area contributed by atoms with E-state index in [9.17, 15) is 13.6 Å². The Morgan fingerprint density at radius 3 is 2.71 bits per heavy atom. The molecule has 1 aliphatic carbocycles. The molecule has 0 spiro atoms. The fraction of sp³-hybridized carbons (Fsp3) is 0.333. The second-order valence-corrected chi connectivity index (χ2v) is 6.67. The molecule has 0 atom stereocenters. The zero-order valence-electron chi connectivity index (χ0n) is 16.1. The number of benzene rings is 1. The fourth-order valence-electron chi connectivity index (χ4n) is 3.41. The van der Waals surface area contributed by atoms with Crippen LogP contribution >= 0.6 is 0 Å². The maximum absolute atomic E-state index is 13.7. The Kier molecular flexibility index (Phi) is 5.63. The highest BCUT2D eigenvalue weighted by Gasteiger charge is 2.29. The number of nitrogens with zero attached hydrogens (tertiary/aromatic N) is 2. The Morgan fingerprint density at radius 1 is 1.36 bits per heavy atom.